The van der Waals surface area contributed by atoms with Crippen LogP contribution in [0.3, 0.4) is 0 Å². The van der Waals surface area contributed by atoms with Crippen LogP contribution in [-0.4, -0.2) is 53.7 Å². The van der Waals surface area contributed by atoms with E-state index in [0.29, 0.717) is 23.9 Å². The molecule has 0 saturated carbocycles. The van der Waals surface area contributed by atoms with Crippen molar-refractivity contribution in [1.82, 2.24) is 20.0 Å². The molecule has 0 bridgehead atoms. The molecule has 1 atom stereocenters. The number of halogens is 1. The van der Waals surface area contributed by atoms with Gasteiger partial charge in [-0.2, -0.15) is 0 Å². The molecule has 2 aromatic rings. The van der Waals surface area contributed by atoms with Crippen molar-refractivity contribution >= 4 is 0 Å². The predicted octanol–water partition coefficient (Wildman–Crippen LogP) is 2.26. The monoisotopic (exact) mass is 304 g/mol. The van der Waals surface area contributed by atoms with E-state index in [-0.39, 0.29) is 11.7 Å². The van der Waals surface area contributed by atoms with Gasteiger partial charge in [0.05, 0.1) is 12.1 Å². The lowest BCUT2D eigenvalue weighted by Crippen LogP contribution is -2.25. The van der Waals surface area contributed by atoms with E-state index in [1.54, 1.807) is 18.2 Å². The zero-order chi connectivity index (χ0) is 15.5. The summed E-state index contributed by atoms with van der Waals surface area (Å²) in [4.78, 5) is 4.53. The van der Waals surface area contributed by atoms with Gasteiger partial charge in [-0.3, -0.25) is 4.90 Å². The van der Waals surface area contributed by atoms with Crippen molar-refractivity contribution in [1.29, 1.82) is 0 Å². The second-order valence-corrected chi connectivity index (χ2v) is 6.13. The van der Waals surface area contributed by atoms with Gasteiger partial charge in [0, 0.05) is 13.1 Å². The van der Waals surface area contributed by atoms with Gasteiger partial charge >= 0.3 is 0 Å². The van der Waals surface area contributed by atoms with Gasteiger partial charge < -0.3 is 9.32 Å². The normalized spacial score (nSPS) is 19.2. The third kappa shape index (κ3) is 3.51. The molecule has 2 heterocycles. The van der Waals surface area contributed by atoms with Crippen LogP contribution in [0.5, 0.6) is 0 Å². The Bertz CT molecular complexity index is 628. The highest BCUT2D eigenvalue weighted by Gasteiger charge is 2.24. The summed E-state index contributed by atoms with van der Waals surface area (Å²) in [6.45, 7) is 3.80. The fourth-order valence-electron chi connectivity index (χ4n) is 2.97. The summed E-state index contributed by atoms with van der Waals surface area (Å²) < 4.78 is 19.3. The molecule has 1 aliphatic rings. The van der Waals surface area contributed by atoms with Gasteiger partial charge in [0.15, 0.2) is 0 Å². The first kappa shape index (κ1) is 15.1. The molecule has 0 unspecified atom stereocenters. The smallest absolute Gasteiger partial charge is 0.250 e. The van der Waals surface area contributed by atoms with E-state index in [9.17, 15) is 4.39 Å². The molecule has 0 amide bonds. The molecule has 0 spiro atoms. The Morgan fingerprint density at radius 2 is 2.14 bits per heavy atom. The molecule has 1 aromatic heterocycles. The lowest BCUT2D eigenvalue weighted by atomic mass is 10.1. The zero-order valence-corrected chi connectivity index (χ0v) is 13.0. The maximum atomic E-state index is 13.7. The molecule has 0 aliphatic carbocycles. The van der Waals surface area contributed by atoms with E-state index in [1.165, 1.54) is 12.5 Å². The van der Waals surface area contributed by atoms with Crippen molar-refractivity contribution in [3.05, 3.63) is 36.0 Å². The van der Waals surface area contributed by atoms with Gasteiger partial charge in [0.25, 0.3) is 5.89 Å². The molecule has 1 aromatic carbocycles. The highest BCUT2D eigenvalue weighted by atomic mass is 19.1. The first-order chi connectivity index (χ1) is 10.6. The average molecular weight is 304 g/mol. The van der Waals surface area contributed by atoms with Crippen LogP contribution in [0, 0.1) is 11.7 Å². The number of aromatic nitrogens is 2. The average Bonchev–Trinajstić information content (AvgIpc) is 3.09. The number of rotatable bonds is 5. The van der Waals surface area contributed by atoms with Crippen LogP contribution in [0.25, 0.3) is 11.5 Å². The van der Waals surface area contributed by atoms with Gasteiger partial charge in [-0.15, -0.1) is 10.2 Å². The van der Waals surface area contributed by atoms with Crippen molar-refractivity contribution < 1.29 is 8.81 Å². The minimum Gasteiger partial charge on any atom is -0.419 e. The molecule has 1 saturated heterocycles. The number of hydrogen-bond donors (Lipinski definition) is 0. The molecule has 118 valence electrons. The largest absolute Gasteiger partial charge is 0.419 e. The highest BCUT2D eigenvalue weighted by molar-refractivity contribution is 5.53. The van der Waals surface area contributed by atoms with Crippen LogP contribution in [0.2, 0.25) is 0 Å². The molecule has 0 radical (unpaired) electrons. The maximum absolute atomic E-state index is 13.7. The van der Waals surface area contributed by atoms with Crippen LogP contribution in [0.1, 0.15) is 12.3 Å². The summed E-state index contributed by atoms with van der Waals surface area (Å²) in [7, 11) is 4.20. The fourth-order valence-corrected chi connectivity index (χ4v) is 2.97. The summed E-state index contributed by atoms with van der Waals surface area (Å²) in [6, 6.07) is 6.45. The van der Waals surface area contributed by atoms with Crippen LogP contribution < -0.4 is 0 Å². The molecule has 22 heavy (non-hydrogen) atoms. The summed E-state index contributed by atoms with van der Waals surface area (Å²) in [6.07, 6.45) is 1.19. The third-order valence-corrected chi connectivity index (χ3v) is 3.92. The van der Waals surface area contributed by atoms with E-state index >= 15 is 0 Å². The molecule has 5 nitrogen and oxygen atoms in total. The van der Waals surface area contributed by atoms with E-state index in [1.807, 2.05) is 0 Å². The van der Waals surface area contributed by atoms with Gasteiger partial charge in [0.1, 0.15) is 5.82 Å². The van der Waals surface area contributed by atoms with Crippen LogP contribution in [0.15, 0.2) is 28.7 Å². The molecule has 1 fully saturated rings. The second kappa shape index (κ2) is 6.54. The number of likely N-dealkylation sites (tertiary alicyclic amines) is 1. The van der Waals surface area contributed by atoms with Crippen molar-refractivity contribution in [3.63, 3.8) is 0 Å². The van der Waals surface area contributed by atoms with Crippen LogP contribution in [-0.2, 0) is 6.54 Å². The van der Waals surface area contributed by atoms with Crippen molar-refractivity contribution in [2.45, 2.75) is 13.0 Å². The first-order valence-electron chi connectivity index (χ1n) is 7.56. The van der Waals surface area contributed by atoms with Gasteiger partial charge in [-0.25, -0.2) is 4.39 Å². The highest BCUT2D eigenvalue weighted by Crippen LogP contribution is 2.23. The Morgan fingerprint density at radius 1 is 1.32 bits per heavy atom. The van der Waals surface area contributed by atoms with Gasteiger partial charge in [-0.05, 0) is 45.1 Å². The van der Waals surface area contributed by atoms with E-state index in [4.69, 9.17) is 4.42 Å². The zero-order valence-electron chi connectivity index (χ0n) is 13.0. The van der Waals surface area contributed by atoms with Gasteiger partial charge in [-0.1, -0.05) is 12.1 Å². The summed E-state index contributed by atoms with van der Waals surface area (Å²) >= 11 is 0. The minimum absolute atomic E-state index is 0.247. The minimum atomic E-state index is -0.343. The van der Waals surface area contributed by atoms with Crippen molar-refractivity contribution in [2.75, 3.05) is 33.7 Å². The van der Waals surface area contributed by atoms with Crippen LogP contribution >= 0.6 is 0 Å². The lowest BCUT2D eigenvalue weighted by Gasteiger charge is -2.16. The van der Waals surface area contributed by atoms with Gasteiger partial charge in [0.2, 0.25) is 5.89 Å². The molecule has 3 rings (SSSR count). The molecule has 0 N–H and O–H groups in total. The molecular formula is C16H21FN4O. The summed E-state index contributed by atoms with van der Waals surface area (Å²) in [5, 5.41) is 8.01. The van der Waals surface area contributed by atoms with Crippen molar-refractivity contribution in [3.8, 4) is 11.5 Å². The maximum Gasteiger partial charge on any atom is 0.250 e. The fraction of sp³-hybridized carbons (Fsp3) is 0.500. The standard InChI is InChI=1S/C16H21FN4O/c1-20(2)9-12-7-8-21(10-12)11-15-18-19-16(22-15)13-5-3-4-6-14(13)17/h3-6,12H,7-11H2,1-2H3/t12-/m0/s1. The Labute approximate surface area is 129 Å². The third-order valence-electron chi connectivity index (χ3n) is 3.92. The molecular weight excluding hydrogens is 283 g/mol. The lowest BCUT2D eigenvalue weighted by molar-refractivity contribution is 0.265. The second-order valence-electron chi connectivity index (χ2n) is 6.13. The van der Waals surface area contributed by atoms with E-state index in [2.05, 4.69) is 34.1 Å². The Morgan fingerprint density at radius 3 is 2.91 bits per heavy atom. The molecule has 6 heteroatoms. The van der Waals surface area contributed by atoms with E-state index in [0.717, 1.165) is 19.6 Å². The van der Waals surface area contributed by atoms with E-state index < -0.39 is 0 Å². The Hall–Kier alpha value is -1.79. The van der Waals surface area contributed by atoms with Crippen LogP contribution in [0.4, 0.5) is 4.39 Å². The Balaban J connectivity index is 1.62. The first-order valence-corrected chi connectivity index (χ1v) is 7.56. The topological polar surface area (TPSA) is 45.4 Å². The number of benzene rings is 1. The summed E-state index contributed by atoms with van der Waals surface area (Å²) in [5.41, 5.74) is 0.355. The number of nitrogens with zero attached hydrogens (tertiary/aromatic N) is 4. The molecule has 1 aliphatic heterocycles. The SMILES string of the molecule is CN(C)C[C@@H]1CCN(Cc2nnc(-c3ccccc3F)o2)C1. The Kier molecular flexibility index (Phi) is 4.49. The number of hydrogen-bond acceptors (Lipinski definition) is 5. The predicted molar refractivity (Wildman–Crippen MR) is 81.6 cm³/mol. The summed E-state index contributed by atoms with van der Waals surface area (Å²) in [5.74, 6) is 1.13. The quantitative estimate of drug-likeness (QED) is 0.848. The van der Waals surface area contributed by atoms with Crippen molar-refractivity contribution in [2.24, 2.45) is 5.92 Å².